The second-order valence-corrected chi connectivity index (χ2v) is 1.96. The third-order valence-corrected chi connectivity index (χ3v) is 0. The summed E-state index contributed by atoms with van der Waals surface area (Å²) in [6.07, 6.45) is 0. The van der Waals surface area contributed by atoms with Crippen LogP contribution in [0.1, 0.15) is 0 Å². The van der Waals surface area contributed by atoms with Crippen LogP contribution >= 0.6 is 0 Å². The Labute approximate surface area is 115 Å². The maximum absolute atomic E-state index is 9.75. The van der Waals surface area contributed by atoms with Gasteiger partial charge in [-0.25, -0.2) is 0 Å². The van der Waals surface area contributed by atoms with Gasteiger partial charge in [0.1, 0.15) is 0 Å². The fourth-order valence-electron chi connectivity index (χ4n) is 0. The molecule has 0 bridgehead atoms. The van der Waals surface area contributed by atoms with Crippen molar-refractivity contribution in [1.82, 2.24) is 0 Å². The summed E-state index contributed by atoms with van der Waals surface area (Å²) in [7, 11) is -18.0. The Morgan fingerprint density at radius 3 is 0.500 bits per heavy atom. The molecule has 0 heterocycles. The van der Waals surface area contributed by atoms with E-state index in [1.165, 1.54) is 0 Å². The van der Waals surface area contributed by atoms with Gasteiger partial charge in [0.25, 0.3) is 0 Å². The fourth-order valence-corrected chi connectivity index (χ4v) is 0. The Balaban J connectivity index is -0.0000000554. The van der Waals surface area contributed by atoms with Crippen molar-refractivity contribution in [2.24, 2.45) is 0 Å². The summed E-state index contributed by atoms with van der Waals surface area (Å²) in [5, 5.41) is 0. The summed E-state index contributed by atoms with van der Waals surface area (Å²) in [6.45, 7) is -3.67. The van der Waals surface area contributed by atoms with Crippen molar-refractivity contribution in [3.05, 3.63) is 0 Å². The third kappa shape index (κ3) is 7630. The van der Waals surface area contributed by atoms with Gasteiger partial charge in [-0.3, -0.25) is 0 Å². The minimum absolute atomic E-state index is 1.08. The average molecular weight is 395 g/mol. The normalized spacial score (nSPS) is 10.5. The van der Waals surface area contributed by atoms with E-state index in [0.29, 0.717) is 0 Å². The van der Waals surface area contributed by atoms with Gasteiger partial charge in [0, 0.05) is 0 Å². The number of thiol groups is 1. The van der Waals surface area contributed by atoms with E-state index in [2.05, 4.69) is 0 Å². The van der Waals surface area contributed by atoms with Crippen LogP contribution in [0.4, 0.5) is 65.0 Å². The van der Waals surface area contributed by atoms with Gasteiger partial charge in [-0.1, -0.05) is 11.6 Å². The number of halogens is 15. The van der Waals surface area contributed by atoms with Crippen molar-refractivity contribution in [3.8, 4) is 0 Å². The number of alkyl halides is 3. The molecule has 0 saturated heterocycles. The van der Waals surface area contributed by atoms with E-state index in [4.69, 9.17) is 8.42 Å². The molecule has 0 aromatic rings. The van der Waals surface area contributed by atoms with E-state index in [0.717, 1.165) is 0 Å². The molecule has 0 aliphatic rings. The second-order valence-electron chi connectivity index (χ2n) is 1.81. The molecule has 2 nitrogen and oxygen atoms in total. The predicted molar refractivity (Wildman–Crippen MR) is 47.8 cm³/mol. The average Bonchev–Trinajstić information content (AvgIpc) is 1.89. The first kappa shape index (κ1) is 32.9. The molecule has 0 amide bonds. The lowest BCUT2D eigenvalue weighted by Gasteiger charge is -1.94. The Bertz CT molecular complexity index is 200. The SMILES string of the molecule is FC(F)F.F[B-](F)(F)F.F[B-](F)(F)F.F[B-](F)(F)F.O=[SH-]=O. The van der Waals surface area contributed by atoms with Gasteiger partial charge in [0.05, 0.1) is 0 Å². The maximum Gasteiger partial charge on any atom is 0.673 e. The predicted octanol–water partition coefficient (Wildman–Crippen LogP) is 4.57. The molecule has 0 aliphatic carbocycles. The fraction of sp³-hybridized carbons (Fsp3) is 1.00. The highest BCUT2D eigenvalue weighted by atomic mass is 32.1. The highest BCUT2D eigenvalue weighted by molar-refractivity contribution is 7.51. The van der Waals surface area contributed by atoms with Gasteiger partial charge in [-0.2, -0.15) is 13.2 Å². The summed E-state index contributed by atoms with van der Waals surface area (Å²) >= 11 is -1.08. The molecule has 0 rings (SSSR count). The van der Waals surface area contributed by atoms with E-state index in [9.17, 15) is 65.0 Å². The summed E-state index contributed by atoms with van der Waals surface area (Å²) in [6, 6.07) is 0. The molecule has 0 aromatic carbocycles. The highest BCUT2D eigenvalue weighted by Gasteiger charge is 2.21. The van der Waals surface area contributed by atoms with Gasteiger partial charge < -0.3 is 60.2 Å². The van der Waals surface area contributed by atoms with E-state index in [-0.39, 0.29) is 0 Å². The minimum Gasteiger partial charge on any atom is -0.427 e. The van der Waals surface area contributed by atoms with Crippen molar-refractivity contribution >= 4 is 33.3 Å². The maximum atomic E-state index is 9.75. The van der Waals surface area contributed by atoms with Gasteiger partial charge >= 0.3 is 28.4 Å². The van der Waals surface area contributed by atoms with Crippen LogP contribution < -0.4 is 0 Å². The summed E-state index contributed by atoms with van der Waals surface area (Å²) < 4.78 is 163. The van der Waals surface area contributed by atoms with Crippen LogP contribution in [0.15, 0.2) is 0 Å². The molecule has 0 unspecified atom stereocenters. The zero-order valence-corrected chi connectivity index (χ0v) is 10.1. The Morgan fingerprint density at radius 2 is 0.500 bits per heavy atom. The molecule has 0 atom stereocenters. The van der Waals surface area contributed by atoms with Crippen LogP contribution in [-0.2, 0) is 20.0 Å². The van der Waals surface area contributed by atoms with E-state index in [1.54, 1.807) is 0 Å². The lowest BCUT2D eigenvalue weighted by Crippen LogP contribution is -2.02. The molecule has 22 heavy (non-hydrogen) atoms. The number of rotatable bonds is 0. The second kappa shape index (κ2) is 16.5. The smallest absolute Gasteiger partial charge is 0.427 e. The first-order chi connectivity index (χ1) is 9.15. The van der Waals surface area contributed by atoms with Crippen LogP contribution in [0.25, 0.3) is 0 Å². The van der Waals surface area contributed by atoms with Gasteiger partial charge in [0.15, 0.2) is 0 Å². The molecule has 21 heteroatoms. The molecule has 0 radical (unpaired) electrons. The van der Waals surface area contributed by atoms with Crippen molar-refractivity contribution in [3.63, 3.8) is 0 Å². The summed E-state index contributed by atoms with van der Waals surface area (Å²) in [4.78, 5) is 0. The molecular formula is CH2B3F15O2S-4. The van der Waals surface area contributed by atoms with Crippen molar-refractivity contribution < 1.29 is 73.4 Å². The Kier molecular flexibility index (Phi) is 24.6. The number of hydrogen-bond acceptors (Lipinski definition) is 3. The summed E-state index contributed by atoms with van der Waals surface area (Å²) in [5.41, 5.74) is 0. The van der Waals surface area contributed by atoms with Crippen LogP contribution in [0, 0.1) is 0 Å². The van der Waals surface area contributed by atoms with Crippen molar-refractivity contribution in [2.45, 2.75) is 6.68 Å². The van der Waals surface area contributed by atoms with Crippen molar-refractivity contribution in [2.75, 3.05) is 0 Å². The van der Waals surface area contributed by atoms with E-state index in [1.807, 2.05) is 0 Å². The van der Waals surface area contributed by atoms with E-state index >= 15 is 0 Å². The van der Waals surface area contributed by atoms with Crippen LogP contribution in [0.5, 0.6) is 0 Å². The first-order valence-corrected chi connectivity index (χ1v) is 4.37. The van der Waals surface area contributed by atoms with Crippen LogP contribution in [0.2, 0.25) is 0 Å². The van der Waals surface area contributed by atoms with Crippen molar-refractivity contribution in [1.29, 1.82) is 0 Å². The topological polar surface area (TPSA) is 34.1 Å². The minimum atomic E-state index is -6.00. The largest absolute Gasteiger partial charge is 0.673 e. The number of hydrogen-bond donors (Lipinski definition) is 0. The third-order valence-electron chi connectivity index (χ3n) is 0. The van der Waals surface area contributed by atoms with Gasteiger partial charge in [-0.05, 0) is 0 Å². The van der Waals surface area contributed by atoms with Crippen LogP contribution in [0.3, 0.4) is 0 Å². The summed E-state index contributed by atoms with van der Waals surface area (Å²) in [5.74, 6) is 0. The van der Waals surface area contributed by atoms with Gasteiger partial charge in [0.2, 0.25) is 0 Å². The molecule has 0 aliphatic heterocycles. The zero-order valence-electron chi connectivity index (χ0n) is 9.24. The van der Waals surface area contributed by atoms with Gasteiger partial charge in [-0.15, -0.1) is 0 Å². The molecular weight excluding hydrogens is 393 g/mol. The first-order valence-electron chi connectivity index (χ1n) is 3.64. The molecule has 0 spiro atoms. The molecule has 142 valence electrons. The molecule has 0 aromatic heterocycles. The molecule has 0 fully saturated rings. The quantitative estimate of drug-likeness (QED) is 0.261. The highest BCUT2D eigenvalue weighted by Crippen LogP contribution is 2.07. The molecule has 0 saturated carbocycles. The Morgan fingerprint density at radius 1 is 0.500 bits per heavy atom. The zero-order chi connectivity index (χ0) is 19.8. The van der Waals surface area contributed by atoms with E-state index < -0.39 is 40.0 Å². The Hall–Kier alpha value is -0.905. The molecule has 0 N–H and O–H groups in total. The standard InChI is InChI=1S/CHF3.3BF4.HO2S/c2-1(3)4;3*2-1(3,4)5;1-3-2/h1H;;;;3H/q;4*-1. The lowest BCUT2D eigenvalue weighted by atomic mass is 10.3. The van der Waals surface area contributed by atoms with Crippen LogP contribution in [-0.4, -0.2) is 28.4 Å². The monoisotopic (exact) mass is 396 g/mol. The lowest BCUT2D eigenvalue weighted by molar-refractivity contribution is 0.00818.